The van der Waals surface area contributed by atoms with E-state index in [9.17, 15) is 14.0 Å². The Bertz CT molecular complexity index is 504. The normalized spacial score (nSPS) is 17.9. The fourth-order valence-corrected chi connectivity index (χ4v) is 2.08. The highest BCUT2D eigenvalue weighted by Crippen LogP contribution is 2.18. The molecule has 0 aliphatic carbocycles. The molecule has 0 saturated carbocycles. The number of hydrogen-bond acceptors (Lipinski definition) is 3. The van der Waals surface area contributed by atoms with E-state index in [2.05, 4.69) is 10.6 Å². The first kappa shape index (κ1) is 16.4. The van der Waals surface area contributed by atoms with Crippen molar-refractivity contribution in [1.29, 1.82) is 0 Å². The first-order chi connectivity index (χ1) is 9.08. The molecule has 2 rings (SSSR count). The monoisotopic (exact) mass is 301 g/mol. The Labute approximate surface area is 122 Å². The molecule has 1 saturated heterocycles. The molecule has 0 spiro atoms. The summed E-state index contributed by atoms with van der Waals surface area (Å²) in [5, 5.41) is 5.63. The number of nitrogens with two attached hydrogens (primary N) is 1. The van der Waals surface area contributed by atoms with Gasteiger partial charge in [-0.3, -0.25) is 9.59 Å². The predicted octanol–water partition coefficient (Wildman–Crippen LogP) is 1.28. The molecule has 5 nitrogen and oxygen atoms in total. The molecule has 0 bridgehead atoms. The Hall–Kier alpha value is -1.66. The minimum Gasteiger partial charge on any atom is -0.366 e. The van der Waals surface area contributed by atoms with Gasteiger partial charge < -0.3 is 16.4 Å². The van der Waals surface area contributed by atoms with Crippen molar-refractivity contribution in [2.75, 3.05) is 18.4 Å². The van der Waals surface area contributed by atoms with Crippen molar-refractivity contribution >= 4 is 29.9 Å². The van der Waals surface area contributed by atoms with Gasteiger partial charge in [-0.25, -0.2) is 4.39 Å². The number of carbonyl (C=O) groups excluding carboxylic acids is 2. The van der Waals surface area contributed by atoms with E-state index in [-0.39, 0.29) is 35.5 Å². The molecule has 2 amide bonds. The van der Waals surface area contributed by atoms with Gasteiger partial charge in [-0.15, -0.1) is 12.4 Å². The molecular weight excluding hydrogens is 285 g/mol. The lowest BCUT2D eigenvalue weighted by molar-refractivity contribution is -0.120. The van der Waals surface area contributed by atoms with E-state index >= 15 is 0 Å². The predicted molar refractivity (Wildman–Crippen MR) is 76.4 cm³/mol. The standard InChI is InChI=1S/C13H16FN3O2.ClH/c14-10-4-3-8(12(15)18)6-11(10)17-13(19)9-2-1-5-16-7-9;/h3-4,6,9,16H,1-2,5,7H2,(H2,15,18)(H,17,19);1H. The summed E-state index contributed by atoms with van der Waals surface area (Å²) in [4.78, 5) is 23.0. The number of carbonyl (C=O) groups is 2. The molecule has 1 aromatic carbocycles. The number of hydrogen-bond donors (Lipinski definition) is 3. The van der Waals surface area contributed by atoms with Crippen molar-refractivity contribution in [1.82, 2.24) is 5.32 Å². The van der Waals surface area contributed by atoms with Crippen molar-refractivity contribution in [3.05, 3.63) is 29.6 Å². The molecule has 0 aromatic heterocycles. The Morgan fingerprint density at radius 3 is 2.75 bits per heavy atom. The quantitative estimate of drug-likeness (QED) is 0.786. The highest BCUT2D eigenvalue weighted by molar-refractivity contribution is 5.97. The second-order valence-electron chi connectivity index (χ2n) is 4.59. The van der Waals surface area contributed by atoms with Gasteiger partial charge in [0, 0.05) is 12.1 Å². The van der Waals surface area contributed by atoms with Gasteiger partial charge in [0.25, 0.3) is 0 Å². The molecule has 4 N–H and O–H groups in total. The van der Waals surface area contributed by atoms with Crippen LogP contribution in [0.5, 0.6) is 0 Å². The fraction of sp³-hybridized carbons (Fsp3) is 0.385. The van der Waals surface area contributed by atoms with E-state index in [1.807, 2.05) is 0 Å². The van der Waals surface area contributed by atoms with Crippen LogP contribution in [0.25, 0.3) is 0 Å². The first-order valence-electron chi connectivity index (χ1n) is 6.19. The van der Waals surface area contributed by atoms with Crippen molar-refractivity contribution in [2.24, 2.45) is 11.7 Å². The zero-order valence-electron chi connectivity index (χ0n) is 10.8. The summed E-state index contributed by atoms with van der Waals surface area (Å²) in [5.74, 6) is -1.66. The molecule has 0 radical (unpaired) electrons. The smallest absolute Gasteiger partial charge is 0.248 e. The molecule has 1 fully saturated rings. The number of nitrogens with one attached hydrogen (secondary N) is 2. The SMILES string of the molecule is Cl.NC(=O)c1ccc(F)c(NC(=O)C2CCCNC2)c1. The average Bonchev–Trinajstić information content (AvgIpc) is 2.42. The summed E-state index contributed by atoms with van der Waals surface area (Å²) >= 11 is 0. The highest BCUT2D eigenvalue weighted by atomic mass is 35.5. The summed E-state index contributed by atoms with van der Waals surface area (Å²) < 4.78 is 13.6. The number of halogens is 2. The minimum atomic E-state index is -0.658. The van der Waals surface area contributed by atoms with Crippen LogP contribution in [0.15, 0.2) is 18.2 Å². The van der Waals surface area contributed by atoms with Gasteiger partial charge in [0.1, 0.15) is 5.82 Å². The summed E-state index contributed by atoms with van der Waals surface area (Å²) in [6.07, 6.45) is 1.69. The maximum atomic E-state index is 13.6. The fourth-order valence-electron chi connectivity index (χ4n) is 2.08. The highest BCUT2D eigenvalue weighted by Gasteiger charge is 2.22. The van der Waals surface area contributed by atoms with E-state index in [1.54, 1.807) is 0 Å². The third-order valence-corrected chi connectivity index (χ3v) is 3.18. The molecule has 20 heavy (non-hydrogen) atoms. The molecule has 1 aliphatic heterocycles. The first-order valence-corrected chi connectivity index (χ1v) is 6.19. The Balaban J connectivity index is 0.00000200. The van der Waals surface area contributed by atoms with Crippen LogP contribution in [0.4, 0.5) is 10.1 Å². The van der Waals surface area contributed by atoms with Gasteiger partial charge in [0.2, 0.25) is 11.8 Å². The molecule has 7 heteroatoms. The lowest BCUT2D eigenvalue weighted by atomic mass is 9.98. The van der Waals surface area contributed by atoms with Crippen LogP contribution in [0, 0.1) is 11.7 Å². The molecular formula is C13H17ClFN3O2. The van der Waals surface area contributed by atoms with Crippen LogP contribution in [0.2, 0.25) is 0 Å². The number of primary amides is 1. The van der Waals surface area contributed by atoms with Crippen LogP contribution >= 0.6 is 12.4 Å². The van der Waals surface area contributed by atoms with E-state index in [4.69, 9.17) is 5.73 Å². The number of piperidine rings is 1. The summed E-state index contributed by atoms with van der Waals surface area (Å²) in [6, 6.07) is 3.66. The molecule has 1 unspecified atom stereocenters. The second-order valence-corrected chi connectivity index (χ2v) is 4.59. The number of anilines is 1. The van der Waals surface area contributed by atoms with Gasteiger partial charge in [0.15, 0.2) is 0 Å². The topological polar surface area (TPSA) is 84.2 Å². The summed E-state index contributed by atoms with van der Waals surface area (Å²) in [5.41, 5.74) is 5.28. The van der Waals surface area contributed by atoms with Crippen molar-refractivity contribution in [3.8, 4) is 0 Å². The number of amides is 2. The zero-order valence-corrected chi connectivity index (χ0v) is 11.6. The second kappa shape index (κ2) is 7.21. The largest absolute Gasteiger partial charge is 0.366 e. The zero-order chi connectivity index (χ0) is 13.8. The molecule has 1 aliphatic rings. The lowest BCUT2D eigenvalue weighted by Crippen LogP contribution is -2.37. The maximum absolute atomic E-state index is 13.6. The molecule has 1 atom stereocenters. The third kappa shape index (κ3) is 3.91. The minimum absolute atomic E-state index is 0. The van der Waals surface area contributed by atoms with Crippen molar-refractivity contribution in [2.45, 2.75) is 12.8 Å². The van der Waals surface area contributed by atoms with Crippen molar-refractivity contribution < 1.29 is 14.0 Å². The third-order valence-electron chi connectivity index (χ3n) is 3.18. The molecule has 1 aromatic rings. The molecule has 110 valence electrons. The Morgan fingerprint density at radius 1 is 1.40 bits per heavy atom. The van der Waals surface area contributed by atoms with E-state index in [0.29, 0.717) is 6.54 Å². The lowest BCUT2D eigenvalue weighted by Gasteiger charge is -2.22. The Kier molecular flexibility index (Phi) is 5.91. The van der Waals surface area contributed by atoms with E-state index in [0.717, 1.165) is 25.5 Å². The summed E-state index contributed by atoms with van der Waals surface area (Å²) in [6.45, 7) is 1.48. The summed E-state index contributed by atoms with van der Waals surface area (Å²) in [7, 11) is 0. The maximum Gasteiger partial charge on any atom is 0.248 e. The van der Waals surface area contributed by atoms with Crippen molar-refractivity contribution in [3.63, 3.8) is 0 Å². The average molecular weight is 302 g/mol. The number of rotatable bonds is 3. The van der Waals surface area contributed by atoms with Gasteiger partial charge in [-0.1, -0.05) is 0 Å². The van der Waals surface area contributed by atoms with E-state index < -0.39 is 11.7 Å². The van der Waals surface area contributed by atoms with Gasteiger partial charge in [0.05, 0.1) is 11.6 Å². The van der Waals surface area contributed by atoms with E-state index in [1.165, 1.54) is 12.1 Å². The van der Waals surface area contributed by atoms with Crippen LogP contribution in [-0.2, 0) is 4.79 Å². The van der Waals surface area contributed by atoms with Crippen LogP contribution in [0.1, 0.15) is 23.2 Å². The van der Waals surface area contributed by atoms with Crippen LogP contribution in [0.3, 0.4) is 0 Å². The Morgan fingerprint density at radius 2 is 2.15 bits per heavy atom. The van der Waals surface area contributed by atoms with Gasteiger partial charge in [-0.05, 0) is 37.6 Å². The van der Waals surface area contributed by atoms with Gasteiger partial charge in [-0.2, -0.15) is 0 Å². The van der Waals surface area contributed by atoms with Crippen LogP contribution in [-0.4, -0.2) is 24.9 Å². The van der Waals surface area contributed by atoms with Gasteiger partial charge >= 0.3 is 0 Å². The molecule has 1 heterocycles. The van der Waals surface area contributed by atoms with Crippen LogP contribution < -0.4 is 16.4 Å². The number of benzene rings is 1.